The number of nitrogens with zero attached hydrogens (tertiary/aromatic N) is 3. The monoisotopic (exact) mass is 299 g/mol. The first kappa shape index (κ1) is 14.2. The zero-order valence-corrected chi connectivity index (χ0v) is 12.0. The van der Waals surface area contributed by atoms with Gasteiger partial charge in [0.15, 0.2) is 5.78 Å². The van der Waals surface area contributed by atoms with Gasteiger partial charge in [-0.3, -0.25) is 9.78 Å². The maximum Gasteiger partial charge on any atom is 0.214 e. The van der Waals surface area contributed by atoms with E-state index in [9.17, 15) is 9.18 Å². The van der Waals surface area contributed by atoms with Gasteiger partial charge >= 0.3 is 0 Å². The lowest BCUT2D eigenvalue weighted by Gasteiger charge is -2.07. The number of hydrogen-bond donors (Lipinski definition) is 0. The molecule has 0 radical (unpaired) electrons. The first-order chi connectivity index (χ1) is 10.7. The summed E-state index contributed by atoms with van der Waals surface area (Å²) in [6, 6.07) is 8.50. The summed E-state index contributed by atoms with van der Waals surface area (Å²) in [6.07, 6.45) is 3.54. The van der Waals surface area contributed by atoms with E-state index in [4.69, 9.17) is 4.74 Å². The number of hydrogen-bond acceptors (Lipinski definition) is 4. The fraction of sp³-hybridized carbons (Fsp3) is 0.188. The Bertz CT molecular complexity index is 815. The number of ketones is 1. The summed E-state index contributed by atoms with van der Waals surface area (Å²) in [5.41, 5.74) is 2.18. The van der Waals surface area contributed by atoms with E-state index in [0.29, 0.717) is 17.0 Å². The average Bonchev–Trinajstić information content (AvgIpc) is 2.99. The highest BCUT2D eigenvalue weighted by Crippen LogP contribution is 2.22. The number of alkyl halides is 1. The summed E-state index contributed by atoms with van der Waals surface area (Å²) < 4.78 is 19.5. The van der Waals surface area contributed by atoms with Crippen LogP contribution in [0.4, 0.5) is 4.39 Å². The molecule has 3 aromatic heterocycles. The minimum Gasteiger partial charge on any atom is -0.481 e. The molecule has 0 aromatic carbocycles. The molecule has 0 fully saturated rings. The summed E-state index contributed by atoms with van der Waals surface area (Å²) in [7, 11) is 1.50. The quantitative estimate of drug-likeness (QED) is 0.680. The largest absolute Gasteiger partial charge is 0.481 e. The lowest BCUT2D eigenvalue weighted by atomic mass is 10.0. The van der Waals surface area contributed by atoms with Crippen LogP contribution in [0.25, 0.3) is 5.52 Å². The van der Waals surface area contributed by atoms with Gasteiger partial charge in [-0.2, -0.15) is 9.61 Å². The second kappa shape index (κ2) is 5.93. The third kappa shape index (κ3) is 2.55. The fourth-order valence-corrected chi connectivity index (χ4v) is 2.34. The van der Waals surface area contributed by atoms with Crippen LogP contribution in [0.1, 0.15) is 21.6 Å². The Morgan fingerprint density at radius 1 is 1.27 bits per heavy atom. The molecular formula is C16H14FN3O2. The number of carbonyl (C=O) groups is 1. The molecule has 112 valence electrons. The SMILES string of the molecule is COc1ccc(C(=O)Cc2ccncc2)c2cc(CF)nn12. The Balaban J connectivity index is 2.03. The van der Waals surface area contributed by atoms with Crippen molar-refractivity contribution < 1.29 is 13.9 Å². The summed E-state index contributed by atoms with van der Waals surface area (Å²) in [6.45, 7) is -0.692. The van der Waals surface area contributed by atoms with E-state index in [1.807, 2.05) is 0 Å². The van der Waals surface area contributed by atoms with Crippen LogP contribution < -0.4 is 4.74 Å². The Hall–Kier alpha value is -2.76. The summed E-state index contributed by atoms with van der Waals surface area (Å²) in [5, 5.41) is 4.11. The van der Waals surface area contributed by atoms with Crippen LogP contribution in [0.15, 0.2) is 42.7 Å². The number of halogens is 1. The number of Topliss-reactive ketones (excluding diaryl/α,β-unsaturated/α-hetero) is 1. The van der Waals surface area contributed by atoms with Gasteiger partial charge in [0.1, 0.15) is 6.67 Å². The molecule has 5 nitrogen and oxygen atoms in total. The van der Waals surface area contributed by atoms with Crippen molar-refractivity contribution in [2.24, 2.45) is 0 Å². The molecule has 3 rings (SSSR count). The lowest BCUT2D eigenvalue weighted by molar-refractivity contribution is 0.0994. The third-order valence-corrected chi connectivity index (χ3v) is 3.40. The van der Waals surface area contributed by atoms with Crippen molar-refractivity contribution in [3.05, 3.63) is 59.5 Å². The van der Waals surface area contributed by atoms with Crippen LogP contribution >= 0.6 is 0 Å². The van der Waals surface area contributed by atoms with E-state index in [1.165, 1.54) is 11.6 Å². The van der Waals surface area contributed by atoms with Gasteiger partial charge < -0.3 is 4.74 Å². The molecule has 3 heterocycles. The standard InChI is InChI=1S/C16H14FN3O2/c1-22-16-3-2-13(14-9-12(10-17)19-20(14)16)15(21)8-11-4-6-18-7-5-11/h2-7,9H,8,10H2,1H3. The van der Waals surface area contributed by atoms with Crippen molar-refractivity contribution >= 4 is 11.3 Å². The number of aromatic nitrogens is 3. The number of carbonyl (C=O) groups excluding carboxylic acids is 1. The van der Waals surface area contributed by atoms with Crippen molar-refractivity contribution in [2.45, 2.75) is 13.1 Å². The second-order valence-electron chi connectivity index (χ2n) is 4.81. The van der Waals surface area contributed by atoms with Gasteiger partial charge in [0, 0.05) is 30.4 Å². The predicted molar refractivity (Wildman–Crippen MR) is 78.8 cm³/mol. The smallest absolute Gasteiger partial charge is 0.214 e. The van der Waals surface area contributed by atoms with Gasteiger partial charge in [0.25, 0.3) is 0 Å². The van der Waals surface area contributed by atoms with Crippen LogP contribution in [-0.2, 0) is 13.1 Å². The van der Waals surface area contributed by atoms with Gasteiger partial charge in [0.05, 0.1) is 18.3 Å². The minimum absolute atomic E-state index is 0.0656. The molecular weight excluding hydrogens is 285 g/mol. The molecule has 0 aliphatic carbocycles. The molecule has 0 bridgehead atoms. The first-order valence-electron chi connectivity index (χ1n) is 6.76. The first-order valence-corrected chi connectivity index (χ1v) is 6.76. The summed E-state index contributed by atoms with van der Waals surface area (Å²) in [4.78, 5) is 16.5. The normalized spacial score (nSPS) is 10.8. The van der Waals surface area contributed by atoms with E-state index in [2.05, 4.69) is 10.1 Å². The Kier molecular flexibility index (Phi) is 3.82. The van der Waals surface area contributed by atoms with Crippen molar-refractivity contribution in [3.8, 4) is 5.88 Å². The summed E-state index contributed by atoms with van der Waals surface area (Å²) >= 11 is 0. The molecule has 0 amide bonds. The Morgan fingerprint density at radius 3 is 2.73 bits per heavy atom. The average molecular weight is 299 g/mol. The maximum absolute atomic E-state index is 12.9. The lowest BCUT2D eigenvalue weighted by Crippen LogP contribution is -2.07. The van der Waals surface area contributed by atoms with Crippen molar-refractivity contribution in [1.82, 2.24) is 14.6 Å². The molecule has 22 heavy (non-hydrogen) atoms. The number of ether oxygens (including phenoxy) is 1. The Labute approximate surface area is 126 Å². The topological polar surface area (TPSA) is 56.5 Å². The minimum atomic E-state index is -0.692. The van der Waals surface area contributed by atoms with E-state index in [1.54, 1.807) is 42.7 Å². The van der Waals surface area contributed by atoms with Crippen LogP contribution in [-0.4, -0.2) is 27.5 Å². The fourth-order valence-electron chi connectivity index (χ4n) is 2.34. The summed E-state index contributed by atoms with van der Waals surface area (Å²) in [5.74, 6) is 0.388. The van der Waals surface area contributed by atoms with Gasteiger partial charge in [-0.1, -0.05) is 0 Å². The van der Waals surface area contributed by atoms with Crippen LogP contribution in [0, 0.1) is 0 Å². The third-order valence-electron chi connectivity index (χ3n) is 3.40. The van der Waals surface area contributed by atoms with E-state index >= 15 is 0 Å². The predicted octanol–water partition coefficient (Wildman–Crippen LogP) is 2.63. The maximum atomic E-state index is 12.9. The highest BCUT2D eigenvalue weighted by molar-refractivity contribution is 6.03. The Morgan fingerprint density at radius 2 is 2.05 bits per heavy atom. The van der Waals surface area contributed by atoms with Gasteiger partial charge in [-0.25, -0.2) is 4.39 Å². The van der Waals surface area contributed by atoms with E-state index < -0.39 is 6.67 Å². The highest BCUT2D eigenvalue weighted by Gasteiger charge is 2.16. The van der Waals surface area contributed by atoms with Gasteiger partial charge in [0.2, 0.25) is 5.88 Å². The van der Waals surface area contributed by atoms with Crippen molar-refractivity contribution in [2.75, 3.05) is 7.11 Å². The molecule has 0 saturated heterocycles. The molecule has 0 atom stereocenters. The number of rotatable bonds is 5. The molecule has 0 spiro atoms. The molecule has 0 aliphatic rings. The number of fused-ring (bicyclic) bond motifs is 1. The van der Waals surface area contributed by atoms with E-state index in [-0.39, 0.29) is 17.9 Å². The molecule has 3 aromatic rings. The molecule has 6 heteroatoms. The van der Waals surface area contributed by atoms with Crippen LogP contribution in [0.2, 0.25) is 0 Å². The number of pyridine rings is 2. The highest BCUT2D eigenvalue weighted by atomic mass is 19.1. The molecule has 0 saturated carbocycles. The zero-order valence-electron chi connectivity index (χ0n) is 12.0. The van der Waals surface area contributed by atoms with Gasteiger partial charge in [-0.05, 0) is 29.8 Å². The second-order valence-corrected chi connectivity index (χ2v) is 4.81. The number of methoxy groups -OCH3 is 1. The van der Waals surface area contributed by atoms with E-state index in [0.717, 1.165) is 5.56 Å². The zero-order chi connectivity index (χ0) is 15.5. The molecule has 0 aliphatic heterocycles. The van der Waals surface area contributed by atoms with Crippen LogP contribution in [0.3, 0.4) is 0 Å². The van der Waals surface area contributed by atoms with Crippen molar-refractivity contribution in [1.29, 1.82) is 0 Å². The van der Waals surface area contributed by atoms with Crippen molar-refractivity contribution in [3.63, 3.8) is 0 Å². The molecule has 0 unspecified atom stereocenters. The van der Waals surface area contributed by atoms with Gasteiger partial charge in [-0.15, -0.1) is 0 Å². The molecule has 0 N–H and O–H groups in total. The van der Waals surface area contributed by atoms with Crippen LogP contribution in [0.5, 0.6) is 5.88 Å².